The van der Waals surface area contributed by atoms with Gasteiger partial charge in [0.2, 0.25) is 0 Å². The number of hydrogen-bond acceptors (Lipinski definition) is 6. The van der Waals surface area contributed by atoms with Crippen LogP contribution in [0.2, 0.25) is 0 Å². The molecule has 0 spiro atoms. The Morgan fingerprint density at radius 1 is 1.62 bits per heavy atom. The highest BCUT2D eigenvalue weighted by molar-refractivity contribution is 5.58. The number of aliphatic hydroxyl groups is 1. The third-order valence-corrected chi connectivity index (χ3v) is 3.05. The van der Waals surface area contributed by atoms with Gasteiger partial charge >= 0.3 is 0 Å². The third kappa shape index (κ3) is 1.81. The molecule has 1 fully saturated rings. The van der Waals surface area contributed by atoms with Crippen LogP contribution in [0.3, 0.4) is 0 Å². The van der Waals surface area contributed by atoms with E-state index in [0.29, 0.717) is 5.82 Å². The summed E-state index contributed by atoms with van der Waals surface area (Å²) in [6.07, 6.45) is 3.58. The van der Waals surface area contributed by atoms with E-state index in [0.717, 1.165) is 30.8 Å². The molecule has 88 valence electrons. The van der Waals surface area contributed by atoms with Crippen molar-refractivity contribution in [3.63, 3.8) is 0 Å². The van der Waals surface area contributed by atoms with Crippen molar-refractivity contribution in [1.82, 2.24) is 9.97 Å². The zero-order chi connectivity index (χ0) is 11.5. The number of hydrogen-bond donors (Lipinski definition) is 3. The molecule has 1 aromatic rings. The molecule has 0 aromatic carbocycles. The van der Waals surface area contributed by atoms with Crippen LogP contribution >= 0.6 is 0 Å². The van der Waals surface area contributed by atoms with E-state index in [9.17, 15) is 5.11 Å². The lowest BCUT2D eigenvalue weighted by molar-refractivity contribution is 0.266. The predicted octanol–water partition coefficient (Wildman–Crippen LogP) is 0.0317. The van der Waals surface area contributed by atoms with E-state index in [4.69, 9.17) is 5.84 Å². The molecule has 1 saturated heterocycles. The Morgan fingerprint density at radius 2 is 2.44 bits per heavy atom. The minimum atomic E-state index is 0.162. The summed E-state index contributed by atoms with van der Waals surface area (Å²) in [5, 5.41) is 9.29. The monoisotopic (exact) mass is 223 g/mol. The molecule has 6 heteroatoms. The van der Waals surface area contributed by atoms with Crippen molar-refractivity contribution in [1.29, 1.82) is 0 Å². The summed E-state index contributed by atoms with van der Waals surface area (Å²) in [5.41, 5.74) is 3.47. The van der Waals surface area contributed by atoms with Crippen molar-refractivity contribution in [2.45, 2.75) is 25.8 Å². The molecule has 2 rings (SSSR count). The van der Waals surface area contributed by atoms with Gasteiger partial charge < -0.3 is 15.4 Å². The molecule has 4 N–H and O–H groups in total. The maximum atomic E-state index is 9.29. The number of aromatic nitrogens is 2. The largest absolute Gasteiger partial charge is 0.394 e. The molecule has 1 unspecified atom stereocenters. The van der Waals surface area contributed by atoms with Gasteiger partial charge in [-0.3, -0.25) is 0 Å². The van der Waals surface area contributed by atoms with Gasteiger partial charge in [0, 0.05) is 12.1 Å². The summed E-state index contributed by atoms with van der Waals surface area (Å²) < 4.78 is 0. The number of aliphatic hydroxyl groups excluding tert-OH is 1. The van der Waals surface area contributed by atoms with Crippen LogP contribution in [0.1, 0.15) is 18.4 Å². The third-order valence-electron chi connectivity index (χ3n) is 3.05. The fourth-order valence-corrected chi connectivity index (χ4v) is 2.18. The minimum absolute atomic E-state index is 0.162. The summed E-state index contributed by atoms with van der Waals surface area (Å²) >= 11 is 0. The van der Waals surface area contributed by atoms with E-state index in [2.05, 4.69) is 20.3 Å². The first-order valence-electron chi connectivity index (χ1n) is 5.43. The van der Waals surface area contributed by atoms with Crippen molar-refractivity contribution in [3.8, 4) is 0 Å². The molecule has 0 amide bonds. The number of hydrazine groups is 1. The van der Waals surface area contributed by atoms with Crippen molar-refractivity contribution >= 4 is 11.6 Å². The van der Waals surface area contributed by atoms with Gasteiger partial charge in [-0.1, -0.05) is 0 Å². The number of nitrogen functional groups attached to an aromatic ring is 1. The summed E-state index contributed by atoms with van der Waals surface area (Å²) in [7, 11) is 0. The Balaban J connectivity index is 2.32. The fourth-order valence-electron chi connectivity index (χ4n) is 2.18. The summed E-state index contributed by atoms with van der Waals surface area (Å²) in [5.74, 6) is 6.87. The second-order valence-corrected chi connectivity index (χ2v) is 3.99. The summed E-state index contributed by atoms with van der Waals surface area (Å²) in [6, 6.07) is 0.166. The number of nitrogens with zero attached hydrogens (tertiary/aromatic N) is 3. The zero-order valence-corrected chi connectivity index (χ0v) is 9.35. The quantitative estimate of drug-likeness (QED) is 0.495. The van der Waals surface area contributed by atoms with Crippen LogP contribution in [0.4, 0.5) is 11.6 Å². The molecule has 16 heavy (non-hydrogen) atoms. The van der Waals surface area contributed by atoms with Gasteiger partial charge in [0.15, 0.2) is 0 Å². The maximum Gasteiger partial charge on any atom is 0.148 e. The smallest absolute Gasteiger partial charge is 0.148 e. The zero-order valence-electron chi connectivity index (χ0n) is 9.35. The molecule has 1 atom stereocenters. The van der Waals surface area contributed by atoms with Crippen molar-refractivity contribution < 1.29 is 5.11 Å². The van der Waals surface area contributed by atoms with Crippen LogP contribution in [0, 0.1) is 6.92 Å². The average molecular weight is 223 g/mol. The SMILES string of the molecule is Cc1c(NN)ncnc1N1CCCC1CO. The highest BCUT2D eigenvalue weighted by Crippen LogP contribution is 2.28. The van der Waals surface area contributed by atoms with Crippen molar-refractivity contribution in [2.75, 3.05) is 23.5 Å². The normalized spacial score (nSPS) is 20.2. The molecule has 1 aliphatic heterocycles. The highest BCUT2D eigenvalue weighted by atomic mass is 16.3. The van der Waals surface area contributed by atoms with Gasteiger partial charge in [-0.15, -0.1) is 0 Å². The molecule has 0 saturated carbocycles. The Bertz CT molecular complexity index is 370. The molecular formula is C10H17N5O. The van der Waals surface area contributed by atoms with E-state index in [1.54, 1.807) is 0 Å². The van der Waals surface area contributed by atoms with Gasteiger partial charge in [-0.05, 0) is 19.8 Å². The van der Waals surface area contributed by atoms with E-state index < -0.39 is 0 Å². The van der Waals surface area contributed by atoms with Crippen LogP contribution in [0.15, 0.2) is 6.33 Å². The van der Waals surface area contributed by atoms with Crippen LogP contribution in [-0.4, -0.2) is 34.3 Å². The van der Waals surface area contributed by atoms with Crippen LogP contribution in [0.5, 0.6) is 0 Å². The van der Waals surface area contributed by atoms with Gasteiger partial charge in [-0.2, -0.15) is 0 Å². The number of nitrogens with one attached hydrogen (secondary N) is 1. The Morgan fingerprint density at radius 3 is 3.12 bits per heavy atom. The Hall–Kier alpha value is -1.40. The van der Waals surface area contributed by atoms with Crippen molar-refractivity contribution in [3.05, 3.63) is 11.9 Å². The predicted molar refractivity (Wildman–Crippen MR) is 62.0 cm³/mol. The second kappa shape index (κ2) is 4.63. The van der Waals surface area contributed by atoms with E-state index in [1.807, 2.05) is 6.92 Å². The molecule has 0 aliphatic carbocycles. The molecule has 0 radical (unpaired) electrons. The Labute approximate surface area is 94.5 Å². The van der Waals surface area contributed by atoms with E-state index >= 15 is 0 Å². The van der Waals surface area contributed by atoms with Gasteiger partial charge in [0.05, 0.1) is 12.6 Å². The number of rotatable bonds is 3. The summed E-state index contributed by atoms with van der Waals surface area (Å²) in [6.45, 7) is 3.01. The fraction of sp³-hybridized carbons (Fsp3) is 0.600. The highest BCUT2D eigenvalue weighted by Gasteiger charge is 2.26. The average Bonchev–Trinajstić information content (AvgIpc) is 2.77. The summed E-state index contributed by atoms with van der Waals surface area (Å²) in [4.78, 5) is 10.4. The van der Waals surface area contributed by atoms with E-state index in [1.165, 1.54) is 6.33 Å². The van der Waals surface area contributed by atoms with Crippen LogP contribution < -0.4 is 16.2 Å². The second-order valence-electron chi connectivity index (χ2n) is 3.99. The number of nitrogens with two attached hydrogens (primary N) is 1. The van der Waals surface area contributed by atoms with Gasteiger partial charge in [0.25, 0.3) is 0 Å². The minimum Gasteiger partial charge on any atom is -0.394 e. The standard InChI is InChI=1S/C10H17N5O/c1-7-9(14-11)12-6-13-10(7)15-4-2-3-8(15)5-16/h6,8,16H,2-5,11H2,1H3,(H,12,13,14). The topological polar surface area (TPSA) is 87.3 Å². The molecule has 2 heterocycles. The first-order chi connectivity index (χ1) is 7.77. The van der Waals surface area contributed by atoms with Gasteiger partial charge in [-0.25, -0.2) is 15.8 Å². The molecule has 1 aromatic heterocycles. The van der Waals surface area contributed by atoms with E-state index in [-0.39, 0.29) is 12.6 Å². The molecular weight excluding hydrogens is 206 g/mol. The molecule has 6 nitrogen and oxygen atoms in total. The lowest BCUT2D eigenvalue weighted by atomic mass is 10.2. The van der Waals surface area contributed by atoms with Crippen LogP contribution in [0.25, 0.3) is 0 Å². The molecule has 1 aliphatic rings. The number of anilines is 2. The van der Waals surface area contributed by atoms with Crippen molar-refractivity contribution in [2.24, 2.45) is 5.84 Å². The first kappa shape index (κ1) is 11.1. The lowest BCUT2D eigenvalue weighted by Gasteiger charge is -2.25. The lowest BCUT2D eigenvalue weighted by Crippen LogP contribution is -2.33. The van der Waals surface area contributed by atoms with Gasteiger partial charge in [0.1, 0.15) is 18.0 Å². The maximum absolute atomic E-state index is 9.29. The van der Waals surface area contributed by atoms with Crippen LogP contribution in [-0.2, 0) is 0 Å². The molecule has 0 bridgehead atoms. The Kier molecular flexibility index (Phi) is 3.21. The first-order valence-corrected chi connectivity index (χ1v) is 5.43.